The van der Waals surface area contributed by atoms with Crippen LogP contribution in [0.25, 0.3) is 0 Å². The lowest BCUT2D eigenvalue weighted by Gasteiger charge is -2.26. The fourth-order valence-electron chi connectivity index (χ4n) is 1.45. The molecule has 0 radical (unpaired) electrons. The summed E-state index contributed by atoms with van der Waals surface area (Å²) in [5.74, 6) is 0. The molecule has 0 aliphatic carbocycles. The van der Waals surface area contributed by atoms with Crippen molar-refractivity contribution in [1.82, 2.24) is 10.2 Å². The molecule has 1 saturated heterocycles. The molecule has 0 spiro atoms. The third-order valence-corrected chi connectivity index (χ3v) is 3.47. The largest absolute Gasteiger partial charge is 0.378 e. The minimum Gasteiger partial charge on any atom is -0.378 e. The van der Waals surface area contributed by atoms with Crippen LogP contribution in [0.4, 0.5) is 4.79 Å². The molecule has 7 heteroatoms. The van der Waals surface area contributed by atoms with E-state index in [0.717, 1.165) is 0 Å². The maximum atomic E-state index is 11.6. The van der Waals surface area contributed by atoms with Gasteiger partial charge in [0.1, 0.15) is 0 Å². The highest BCUT2D eigenvalue weighted by molar-refractivity contribution is 7.57. The minimum absolute atomic E-state index is 0.118. The van der Waals surface area contributed by atoms with Crippen LogP contribution in [0.1, 0.15) is 6.42 Å². The van der Waals surface area contributed by atoms with Gasteiger partial charge in [0.25, 0.3) is 0 Å². The van der Waals surface area contributed by atoms with Gasteiger partial charge in [-0.2, -0.15) is 0 Å². The Labute approximate surface area is 95.4 Å². The smallest absolute Gasteiger partial charge is 0.317 e. The predicted molar refractivity (Wildman–Crippen MR) is 61.0 cm³/mol. The molecule has 1 aliphatic heterocycles. The van der Waals surface area contributed by atoms with Crippen molar-refractivity contribution in [2.75, 3.05) is 45.7 Å². The number of nitrogens with zero attached hydrogens (tertiary/aromatic N) is 1. The molecule has 16 heavy (non-hydrogen) atoms. The summed E-state index contributed by atoms with van der Waals surface area (Å²) in [6.45, 7) is 4.14. The van der Waals surface area contributed by atoms with Crippen LogP contribution < -0.4 is 5.32 Å². The monoisotopic (exact) mass is 250 g/mol. The minimum atomic E-state index is -2.94. The number of urea groups is 1. The number of rotatable bonds is 4. The molecule has 0 aromatic carbocycles. The van der Waals surface area contributed by atoms with Gasteiger partial charge in [0.2, 0.25) is 0 Å². The Bertz CT molecular complexity index is 273. The molecule has 1 unspecified atom stereocenters. The highest BCUT2D eigenvalue weighted by Gasteiger charge is 2.16. The molecular weight excluding hydrogens is 231 g/mol. The molecular formula is C9H19N2O4P. The zero-order valence-electron chi connectivity index (χ0n) is 9.52. The van der Waals surface area contributed by atoms with Crippen LogP contribution in [0.5, 0.6) is 0 Å². The lowest BCUT2D eigenvalue weighted by Crippen LogP contribution is -2.46. The first-order valence-electron chi connectivity index (χ1n) is 5.39. The Morgan fingerprint density at radius 1 is 1.50 bits per heavy atom. The van der Waals surface area contributed by atoms with E-state index in [-0.39, 0.29) is 12.2 Å². The molecule has 1 rings (SSSR count). The van der Waals surface area contributed by atoms with Crippen LogP contribution in [0, 0.1) is 0 Å². The van der Waals surface area contributed by atoms with E-state index >= 15 is 0 Å². The van der Waals surface area contributed by atoms with Crippen molar-refractivity contribution in [2.24, 2.45) is 0 Å². The van der Waals surface area contributed by atoms with E-state index in [2.05, 4.69) is 5.32 Å². The molecule has 2 N–H and O–H groups in total. The van der Waals surface area contributed by atoms with Gasteiger partial charge in [0.05, 0.1) is 13.2 Å². The summed E-state index contributed by atoms with van der Waals surface area (Å²) in [4.78, 5) is 22.3. The third kappa shape index (κ3) is 5.49. The Hall–Kier alpha value is -0.580. The summed E-state index contributed by atoms with van der Waals surface area (Å²) in [5, 5.41) is 2.72. The molecule has 0 bridgehead atoms. The second-order valence-corrected chi connectivity index (χ2v) is 6.51. The average Bonchev–Trinajstić information content (AvgIpc) is 2.24. The number of nitrogens with one attached hydrogen (secondary N) is 1. The standard InChI is InChI=1S/C9H19N2O4P/c1-16(13,14)8-2-3-10-9(12)11-4-6-15-7-5-11/h2-8H2,1H3,(H,10,12)(H,13,14). The Morgan fingerprint density at radius 3 is 2.69 bits per heavy atom. The van der Waals surface area contributed by atoms with Crippen molar-refractivity contribution >= 4 is 13.4 Å². The second-order valence-electron chi connectivity index (χ2n) is 3.96. The molecule has 6 nitrogen and oxygen atoms in total. The van der Waals surface area contributed by atoms with Crippen molar-refractivity contribution in [3.63, 3.8) is 0 Å². The number of carbonyl (C=O) groups excluding carboxylic acids is 1. The lowest BCUT2D eigenvalue weighted by atomic mass is 10.4. The SMILES string of the molecule is CP(=O)(O)CCCNC(=O)N1CCOCC1. The molecule has 1 atom stereocenters. The summed E-state index contributed by atoms with van der Waals surface area (Å²) in [7, 11) is -2.94. The van der Waals surface area contributed by atoms with E-state index in [0.29, 0.717) is 39.3 Å². The van der Waals surface area contributed by atoms with Crippen molar-refractivity contribution < 1.29 is 19.0 Å². The van der Waals surface area contributed by atoms with E-state index in [9.17, 15) is 9.36 Å². The molecule has 94 valence electrons. The van der Waals surface area contributed by atoms with Crippen molar-refractivity contribution in [3.05, 3.63) is 0 Å². The maximum Gasteiger partial charge on any atom is 0.317 e. The molecule has 2 amide bonds. The Morgan fingerprint density at radius 2 is 2.12 bits per heavy atom. The van der Waals surface area contributed by atoms with Crippen LogP contribution in [-0.4, -0.2) is 61.5 Å². The molecule has 1 fully saturated rings. The van der Waals surface area contributed by atoms with Gasteiger partial charge < -0.3 is 19.8 Å². The van der Waals surface area contributed by atoms with Crippen LogP contribution in [0.2, 0.25) is 0 Å². The van der Waals surface area contributed by atoms with Gasteiger partial charge in [0, 0.05) is 32.5 Å². The van der Waals surface area contributed by atoms with Gasteiger partial charge in [-0.3, -0.25) is 4.57 Å². The highest BCUT2D eigenvalue weighted by Crippen LogP contribution is 2.35. The average molecular weight is 250 g/mol. The van der Waals surface area contributed by atoms with E-state index in [1.54, 1.807) is 4.90 Å². The van der Waals surface area contributed by atoms with E-state index < -0.39 is 7.37 Å². The fraction of sp³-hybridized carbons (Fsp3) is 0.889. The molecule has 0 aromatic rings. The third-order valence-electron chi connectivity index (χ3n) is 2.32. The van der Waals surface area contributed by atoms with Crippen molar-refractivity contribution in [2.45, 2.75) is 6.42 Å². The summed E-state index contributed by atoms with van der Waals surface area (Å²) in [6.07, 6.45) is 0.775. The first kappa shape index (κ1) is 13.5. The number of carbonyl (C=O) groups is 1. The lowest BCUT2D eigenvalue weighted by molar-refractivity contribution is 0.0532. The first-order valence-corrected chi connectivity index (χ1v) is 7.68. The predicted octanol–water partition coefficient (Wildman–Crippen LogP) is 0.318. The Balaban J connectivity index is 2.12. The van der Waals surface area contributed by atoms with Gasteiger partial charge in [-0.15, -0.1) is 0 Å². The van der Waals surface area contributed by atoms with Crippen molar-refractivity contribution in [3.8, 4) is 0 Å². The number of amides is 2. The van der Waals surface area contributed by atoms with Crippen molar-refractivity contribution in [1.29, 1.82) is 0 Å². The number of hydrogen-bond donors (Lipinski definition) is 2. The second kappa shape index (κ2) is 6.23. The zero-order valence-corrected chi connectivity index (χ0v) is 10.4. The number of ether oxygens (including phenoxy) is 1. The summed E-state index contributed by atoms with van der Waals surface area (Å²) in [5.41, 5.74) is 0. The maximum absolute atomic E-state index is 11.6. The molecule has 0 saturated carbocycles. The molecule has 1 aliphatic rings. The van der Waals surface area contributed by atoms with Crippen LogP contribution >= 0.6 is 7.37 Å². The first-order chi connectivity index (χ1) is 7.49. The Kier molecular flexibility index (Phi) is 5.25. The van der Waals surface area contributed by atoms with E-state index in [1.165, 1.54) is 6.66 Å². The van der Waals surface area contributed by atoms with Gasteiger partial charge in [-0.05, 0) is 6.42 Å². The van der Waals surface area contributed by atoms with E-state index in [1.807, 2.05) is 0 Å². The summed E-state index contributed by atoms with van der Waals surface area (Å²) < 4.78 is 16.1. The quantitative estimate of drug-likeness (QED) is 0.556. The fourth-order valence-corrected chi connectivity index (χ4v) is 2.19. The normalized spacial score (nSPS) is 20.2. The molecule has 1 heterocycles. The summed E-state index contributed by atoms with van der Waals surface area (Å²) >= 11 is 0. The molecule has 0 aromatic heterocycles. The summed E-state index contributed by atoms with van der Waals surface area (Å²) in [6, 6.07) is -0.118. The van der Waals surface area contributed by atoms with Gasteiger partial charge in [-0.1, -0.05) is 0 Å². The highest BCUT2D eigenvalue weighted by atomic mass is 31.2. The van der Waals surface area contributed by atoms with Gasteiger partial charge in [0.15, 0.2) is 7.37 Å². The van der Waals surface area contributed by atoms with Crippen LogP contribution in [-0.2, 0) is 9.30 Å². The topological polar surface area (TPSA) is 78.9 Å². The number of hydrogen-bond acceptors (Lipinski definition) is 3. The van der Waals surface area contributed by atoms with Crippen LogP contribution in [0.3, 0.4) is 0 Å². The van der Waals surface area contributed by atoms with Gasteiger partial charge in [-0.25, -0.2) is 4.79 Å². The van der Waals surface area contributed by atoms with Crippen LogP contribution in [0.15, 0.2) is 0 Å². The van der Waals surface area contributed by atoms with E-state index in [4.69, 9.17) is 9.63 Å². The number of morpholine rings is 1. The van der Waals surface area contributed by atoms with Gasteiger partial charge >= 0.3 is 6.03 Å². The zero-order chi connectivity index (χ0) is 12.0.